The zero-order valence-corrected chi connectivity index (χ0v) is 8.84. The van der Waals surface area contributed by atoms with Crippen molar-refractivity contribution < 1.29 is 0 Å². The van der Waals surface area contributed by atoms with E-state index < -0.39 is 0 Å². The molecular formula is C7H5BrMgN2. The molecule has 0 saturated heterocycles. The molecule has 0 aromatic carbocycles. The molecule has 0 saturated carbocycles. The third-order valence-electron chi connectivity index (χ3n) is 1.59. The maximum absolute atomic E-state index is 4.20. The summed E-state index contributed by atoms with van der Waals surface area (Å²) in [5, 5.41) is 1.20. The van der Waals surface area contributed by atoms with E-state index in [-0.39, 0.29) is 18.2 Å². The van der Waals surface area contributed by atoms with Crippen molar-refractivity contribution in [1.82, 2.24) is 9.97 Å². The van der Waals surface area contributed by atoms with Crippen LogP contribution in [0.15, 0.2) is 24.4 Å². The van der Waals surface area contributed by atoms with Crippen molar-refractivity contribution in [3.63, 3.8) is 0 Å². The number of hydrogen-bond acceptors (Lipinski definition) is 1. The van der Waals surface area contributed by atoms with Gasteiger partial charge in [0.05, 0.1) is 0 Å². The molecule has 0 amide bonds. The first-order valence-corrected chi connectivity index (χ1v) is 7.99. The van der Waals surface area contributed by atoms with Crippen LogP contribution in [0.2, 0.25) is 0 Å². The lowest BCUT2D eigenvalue weighted by molar-refractivity contribution is 1.34. The molecule has 4 heteroatoms. The van der Waals surface area contributed by atoms with Crippen molar-refractivity contribution in [2.75, 3.05) is 0 Å². The highest BCUT2D eigenvalue weighted by Gasteiger charge is 2.00. The molecule has 0 spiro atoms. The number of hydrogen-bond donors (Lipinski definition) is 1. The molecule has 0 fully saturated rings. The van der Waals surface area contributed by atoms with Gasteiger partial charge in [0.15, 0.2) is 0 Å². The van der Waals surface area contributed by atoms with Crippen molar-refractivity contribution in [2.45, 2.75) is 0 Å². The van der Waals surface area contributed by atoms with Gasteiger partial charge < -0.3 is 4.98 Å². The largest absolute Gasteiger partial charge is 0.531 e. The molecular weight excluding hydrogens is 216 g/mol. The maximum atomic E-state index is 4.20. The minimum Gasteiger partial charge on any atom is -0.371 e. The highest BCUT2D eigenvalue weighted by molar-refractivity contribution is 9.23. The first kappa shape index (κ1) is 7.58. The number of fused-ring (bicyclic) bond motifs is 1. The SMILES string of the molecule is [Br][Mg][c]1cc2cccnc2[nH]1. The number of aromatic amines is 1. The lowest BCUT2D eigenvalue weighted by atomic mass is 10.3. The van der Waals surface area contributed by atoms with Gasteiger partial charge in [-0.15, -0.1) is 0 Å². The molecule has 52 valence electrons. The average Bonchev–Trinajstić information content (AvgIpc) is 2.46. The third kappa shape index (κ3) is 1.43. The van der Waals surface area contributed by atoms with Gasteiger partial charge in [-0.3, -0.25) is 12.9 Å². The predicted molar refractivity (Wildman–Crippen MR) is 50.4 cm³/mol. The van der Waals surface area contributed by atoms with Gasteiger partial charge in [-0.1, -0.05) is 9.89 Å². The van der Waals surface area contributed by atoms with Gasteiger partial charge in [0.2, 0.25) is 0 Å². The molecule has 0 atom stereocenters. The molecule has 0 radical (unpaired) electrons. The Labute approximate surface area is 80.0 Å². The lowest BCUT2D eigenvalue weighted by Crippen LogP contribution is -2.07. The summed E-state index contributed by atoms with van der Waals surface area (Å²) >= 11 is 3.26. The number of nitrogens with zero attached hydrogens (tertiary/aromatic N) is 1. The summed E-state index contributed by atoms with van der Waals surface area (Å²) in [6.07, 6.45) is 1.80. The second kappa shape index (κ2) is 3.12. The summed E-state index contributed by atoms with van der Waals surface area (Å²) in [6.45, 7) is 0. The fraction of sp³-hybridized carbons (Fsp3) is 0. The monoisotopic (exact) mass is 220 g/mol. The van der Waals surface area contributed by atoms with Crippen molar-refractivity contribution in [3.05, 3.63) is 24.4 Å². The normalized spacial score (nSPS) is 9.91. The second-order valence-electron chi connectivity index (χ2n) is 2.37. The van der Waals surface area contributed by atoms with Crippen LogP contribution >= 0.6 is 12.9 Å². The van der Waals surface area contributed by atoms with E-state index in [1.807, 2.05) is 6.07 Å². The van der Waals surface area contributed by atoms with Crippen LogP contribution in [0.1, 0.15) is 0 Å². The van der Waals surface area contributed by atoms with Crippen LogP contribution in [-0.4, -0.2) is 28.2 Å². The van der Waals surface area contributed by atoms with Crippen molar-refractivity contribution in [3.8, 4) is 0 Å². The van der Waals surface area contributed by atoms with Crippen LogP contribution in [-0.2, 0) is 0 Å². The zero-order chi connectivity index (χ0) is 7.68. The third-order valence-corrected chi connectivity index (χ3v) is 4.07. The molecule has 2 heterocycles. The van der Waals surface area contributed by atoms with E-state index in [9.17, 15) is 0 Å². The van der Waals surface area contributed by atoms with Crippen LogP contribution in [0, 0.1) is 0 Å². The van der Waals surface area contributed by atoms with E-state index in [1.165, 1.54) is 9.21 Å². The standard InChI is InChI=1S/C7H5N2.BrH.Mg/c1-2-6-3-5-9-7(6)8-4-1;;/h1-4H,(H,8,9);1H;/q;;+1/p-1. The Kier molecular flexibility index (Phi) is 2.15. The topological polar surface area (TPSA) is 28.7 Å². The number of rotatable bonds is 1. The van der Waals surface area contributed by atoms with E-state index in [2.05, 4.69) is 35.0 Å². The zero-order valence-electron chi connectivity index (χ0n) is 5.84. The second-order valence-corrected chi connectivity index (χ2v) is 5.08. The molecule has 1 N–H and O–H groups in total. The Bertz CT molecular complexity index is 338. The van der Waals surface area contributed by atoms with Crippen LogP contribution < -0.4 is 3.82 Å². The number of nitrogens with one attached hydrogen (secondary N) is 1. The maximum Gasteiger partial charge on any atom is 0.531 e. The van der Waals surface area contributed by atoms with Crippen molar-refractivity contribution in [2.24, 2.45) is 0 Å². The van der Waals surface area contributed by atoms with Gasteiger partial charge >= 0.3 is 18.2 Å². The smallest absolute Gasteiger partial charge is 0.371 e. The summed E-state index contributed by atoms with van der Waals surface area (Å²) in [7, 11) is 0. The average molecular weight is 221 g/mol. The van der Waals surface area contributed by atoms with Gasteiger partial charge in [-0.25, -0.2) is 4.98 Å². The molecule has 0 aliphatic carbocycles. The molecule has 0 bridgehead atoms. The molecule has 2 rings (SSSR count). The predicted octanol–water partition coefficient (Wildman–Crippen LogP) is 1.20. The Morgan fingerprint density at radius 1 is 1.55 bits per heavy atom. The van der Waals surface area contributed by atoms with Crippen molar-refractivity contribution >= 4 is 45.9 Å². The summed E-state index contributed by atoms with van der Waals surface area (Å²) in [5.74, 6) is 0. The van der Waals surface area contributed by atoms with Gasteiger partial charge in [-0.2, -0.15) is 0 Å². The summed E-state index contributed by atoms with van der Waals surface area (Å²) in [4.78, 5) is 7.44. The molecule has 2 nitrogen and oxygen atoms in total. The Hall–Kier alpha value is -0.0638. The number of halogens is 1. The minimum absolute atomic E-state index is 0.251. The highest BCUT2D eigenvalue weighted by atomic mass is 79.9. The van der Waals surface area contributed by atoms with E-state index in [0.29, 0.717) is 0 Å². The van der Waals surface area contributed by atoms with E-state index in [4.69, 9.17) is 0 Å². The summed E-state index contributed by atoms with van der Waals surface area (Å²) in [5.41, 5.74) is 0.995. The first-order chi connectivity index (χ1) is 5.40. The minimum atomic E-state index is -0.251. The number of pyridine rings is 1. The fourth-order valence-corrected chi connectivity index (χ4v) is 2.52. The highest BCUT2D eigenvalue weighted by Crippen LogP contribution is 2.05. The van der Waals surface area contributed by atoms with Crippen molar-refractivity contribution in [1.29, 1.82) is 0 Å². The van der Waals surface area contributed by atoms with Crippen LogP contribution in [0.25, 0.3) is 11.0 Å². The number of aromatic nitrogens is 2. The number of H-pyrrole nitrogens is 1. The van der Waals surface area contributed by atoms with Crippen LogP contribution in [0.3, 0.4) is 0 Å². The summed E-state index contributed by atoms with van der Waals surface area (Å²) in [6, 6.07) is 6.18. The molecule has 0 aliphatic heterocycles. The molecule has 0 aliphatic rings. The first-order valence-electron chi connectivity index (χ1n) is 3.39. The van der Waals surface area contributed by atoms with E-state index in [1.54, 1.807) is 6.20 Å². The molecule has 0 unspecified atom stereocenters. The molecule has 2 aromatic rings. The molecule has 11 heavy (non-hydrogen) atoms. The fourth-order valence-electron chi connectivity index (χ4n) is 1.09. The van der Waals surface area contributed by atoms with Gasteiger partial charge in [-0.05, 0) is 12.1 Å². The quantitative estimate of drug-likeness (QED) is 0.720. The van der Waals surface area contributed by atoms with Crippen LogP contribution in [0.4, 0.5) is 0 Å². The van der Waals surface area contributed by atoms with Crippen LogP contribution in [0.5, 0.6) is 0 Å². The van der Waals surface area contributed by atoms with E-state index >= 15 is 0 Å². The lowest BCUT2D eigenvalue weighted by Gasteiger charge is -1.83. The Morgan fingerprint density at radius 2 is 2.45 bits per heavy atom. The van der Waals surface area contributed by atoms with Gasteiger partial charge in [0, 0.05) is 11.6 Å². The molecule has 2 aromatic heterocycles. The van der Waals surface area contributed by atoms with E-state index in [0.717, 1.165) is 5.65 Å². The Morgan fingerprint density at radius 3 is 3.18 bits per heavy atom. The Balaban J connectivity index is 2.69. The van der Waals surface area contributed by atoms with Gasteiger partial charge in [0.25, 0.3) is 0 Å². The van der Waals surface area contributed by atoms with Gasteiger partial charge in [0.1, 0.15) is 5.65 Å². The summed E-state index contributed by atoms with van der Waals surface area (Å²) < 4.78 is 1.30.